The molecule has 3 aromatic rings. The van der Waals surface area contributed by atoms with Gasteiger partial charge in [-0.15, -0.1) is 0 Å². The van der Waals surface area contributed by atoms with Crippen LogP contribution in [0.3, 0.4) is 0 Å². The fraction of sp³-hybridized carbons (Fsp3) is 0.455. The molecule has 1 saturated carbocycles. The van der Waals surface area contributed by atoms with Crippen molar-refractivity contribution in [2.24, 2.45) is 13.0 Å². The van der Waals surface area contributed by atoms with E-state index in [0.717, 1.165) is 36.5 Å². The van der Waals surface area contributed by atoms with Gasteiger partial charge in [0, 0.05) is 45.5 Å². The number of hydrogen-bond acceptors (Lipinski definition) is 5. The predicted octanol–water partition coefficient (Wildman–Crippen LogP) is 1.81. The lowest BCUT2D eigenvalue weighted by Crippen LogP contribution is -2.49. The van der Waals surface area contributed by atoms with Crippen molar-refractivity contribution in [3.8, 4) is 0 Å². The maximum atomic E-state index is 12.8. The first-order chi connectivity index (χ1) is 14.5. The van der Waals surface area contributed by atoms with Gasteiger partial charge in [0.15, 0.2) is 0 Å². The summed E-state index contributed by atoms with van der Waals surface area (Å²) in [6.07, 6.45) is 4.09. The van der Waals surface area contributed by atoms with Crippen molar-refractivity contribution in [3.63, 3.8) is 0 Å². The largest absolute Gasteiger partial charge is 0.368 e. The molecule has 3 heterocycles. The van der Waals surface area contributed by atoms with Gasteiger partial charge in [0.2, 0.25) is 0 Å². The van der Waals surface area contributed by atoms with E-state index in [1.165, 1.54) is 12.8 Å². The molecule has 0 radical (unpaired) electrons. The van der Waals surface area contributed by atoms with Gasteiger partial charge < -0.3 is 9.80 Å². The van der Waals surface area contributed by atoms with E-state index in [0.29, 0.717) is 30.1 Å². The Morgan fingerprint density at radius 2 is 1.90 bits per heavy atom. The number of amides is 1. The molecule has 2 aliphatic rings. The van der Waals surface area contributed by atoms with Crippen LogP contribution in [0, 0.1) is 12.8 Å². The van der Waals surface area contributed by atoms with Crippen molar-refractivity contribution >= 4 is 22.5 Å². The van der Waals surface area contributed by atoms with Gasteiger partial charge in [0.1, 0.15) is 5.69 Å². The highest BCUT2D eigenvalue weighted by Crippen LogP contribution is 2.30. The van der Waals surface area contributed by atoms with Gasteiger partial charge in [-0.25, -0.2) is 4.98 Å². The number of carbonyl (C=O) groups excluding carboxylic acids is 1. The minimum atomic E-state index is 0.0224. The third kappa shape index (κ3) is 3.46. The second-order valence-corrected chi connectivity index (χ2v) is 8.42. The van der Waals surface area contributed by atoms with Crippen LogP contribution < -0.4 is 10.5 Å². The Morgan fingerprint density at radius 3 is 2.57 bits per heavy atom. The van der Waals surface area contributed by atoms with E-state index >= 15 is 0 Å². The Morgan fingerprint density at radius 1 is 1.13 bits per heavy atom. The van der Waals surface area contributed by atoms with Gasteiger partial charge in [-0.05, 0) is 49.9 Å². The standard InChI is InChI=1S/C22H26N6O2/c1-15-11-20(25(2)24-15)22(30)27-9-7-26(8-10-27)17-5-6-18-19(12-17)23-14-28(21(18)29)13-16-3-4-16/h5-6,11-12,14,16H,3-4,7-10,13H2,1-2H3. The second-order valence-electron chi connectivity index (χ2n) is 8.42. The van der Waals surface area contributed by atoms with Gasteiger partial charge in [-0.3, -0.25) is 18.8 Å². The zero-order valence-corrected chi connectivity index (χ0v) is 17.4. The number of piperazine rings is 1. The molecule has 5 rings (SSSR count). The van der Waals surface area contributed by atoms with Gasteiger partial charge in [0.25, 0.3) is 11.5 Å². The van der Waals surface area contributed by atoms with Crippen molar-refractivity contribution in [3.05, 3.63) is 52.3 Å². The summed E-state index contributed by atoms with van der Waals surface area (Å²) in [5, 5.41) is 4.94. The molecule has 2 aromatic heterocycles. The van der Waals surface area contributed by atoms with Crippen molar-refractivity contribution < 1.29 is 4.79 Å². The van der Waals surface area contributed by atoms with E-state index in [9.17, 15) is 9.59 Å². The van der Waals surface area contributed by atoms with Crippen LogP contribution in [0.5, 0.6) is 0 Å². The monoisotopic (exact) mass is 406 g/mol. The van der Waals surface area contributed by atoms with E-state index in [4.69, 9.17) is 0 Å². The third-order valence-electron chi connectivity index (χ3n) is 6.11. The highest BCUT2D eigenvalue weighted by Gasteiger charge is 2.25. The highest BCUT2D eigenvalue weighted by molar-refractivity contribution is 5.93. The first kappa shape index (κ1) is 18.8. The number of fused-ring (bicyclic) bond motifs is 1. The van der Waals surface area contributed by atoms with Gasteiger partial charge in [0.05, 0.1) is 22.9 Å². The van der Waals surface area contributed by atoms with E-state index in [1.807, 2.05) is 36.1 Å². The fourth-order valence-electron chi connectivity index (χ4n) is 4.19. The van der Waals surface area contributed by atoms with E-state index in [1.54, 1.807) is 22.6 Å². The Bertz CT molecular complexity index is 1170. The molecular weight excluding hydrogens is 380 g/mol. The first-order valence-electron chi connectivity index (χ1n) is 10.5. The summed E-state index contributed by atoms with van der Waals surface area (Å²) in [4.78, 5) is 34.2. The van der Waals surface area contributed by atoms with Crippen molar-refractivity contribution in [2.45, 2.75) is 26.3 Å². The zero-order chi connectivity index (χ0) is 20.8. The summed E-state index contributed by atoms with van der Waals surface area (Å²) in [7, 11) is 1.80. The molecule has 1 aliphatic heterocycles. The number of aryl methyl sites for hydroxylation is 2. The first-order valence-corrected chi connectivity index (χ1v) is 10.5. The molecule has 0 atom stereocenters. The van der Waals surface area contributed by atoms with Crippen LogP contribution in [0.2, 0.25) is 0 Å². The molecule has 1 saturated heterocycles. The average Bonchev–Trinajstić information content (AvgIpc) is 3.51. The Labute approximate surface area is 174 Å². The van der Waals surface area contributed by atoms with Crippen LogP contribution in [0.25, 0.3) is 10.9 Å². The van der Waals surface area contributed by atoms with Gasteiger partial charge in [-0.1, -0.05) is 0 Å². The molecule has 1 aromatic carbocycles. The molecule has 0 spiro atoms. The molecule has 0 unspecified atom stereocenters. The number of hydrogen-bond donors (Lipinski definition) is 0. The van der Waals surface area contributed by atoms with Crippen LogP contribution in [-0.4, -0.2) is 56.3 Å². The summed E-state index contributed by atoms with van der Waals surface area (Å²) in [5.74, 6) is 0.657. The lowest BCUT2D eigenvalue weighted by Gasteiger charge is -2.36. The van der Waals surface area contributed by atoms with Crippen molar-refractivity contribution in [1.82, 2.24) is 24.2 Å². The third-order valence-corrected chi connectivity index (χ3v) is 6.11. The van der Waals surface area contributed by atoms with Gasteiger partial charge >= 0.3 is 0 Å². The minimum Gasteiger partial charge on any atom is -0.368 e. The number of carbonyl (C=O) groups is 1. The molecule has 0 bridgehead atoms. The zero-order valence-electron chi connectivity index (χ0n) is 17.4. The molecule has 1 aliphatic carbocycles. The number of anilines is 1. The smallest absolute Gasteiger partial charge is 0.272 e. The summed E-state index contributed by atoms with van der Waals surface area (Å²) >= 11 is 0. The van der Waals surface area contributed by atoms with Crippen LogP contribution >= 0.6 is 0 Å². The summed E-state index contributed by atoms with van der Waals surface area (Å²) in [6.45, 7) is 5.45. The second kappa shape index (κ2) is 7.27. The molecule has 8 nitrogen and oxygen atoms in total. The lowest BCUT2D eigenvalue weighted by atomic mass is 10.2. The molecular formula is C22H26N6O2. The molecule has 1 amide bonds. The van der Waals surface area contributed by atoms with Gasteiger partial charge in [-0.2, -0.15) is 5.10 Å². The Balaban J connectivity index is 1.30. The van der Waals surface area contributed by atoms with E-state index in [2.05, 4.69) is 15.0 Å². The molecule has 0 N–H and O–H groups in total. The Hall–Kier alpha value is -3.16. The topological polar surface area (TPSA) is 76.3 Å². The van der Waals surface area contributed by atoms with E-state index in [-0.39, 0.29) is 11.5 Å². The molecule has 30 heavy (non-hydrogen) atoms. The van der Waals surface area contributed by atoms with Crippen molar-refractivity contribution in [1.29, 1.82) is 0 Å². The number of nitrogens with zero attached hydrogens (tertiary/aromatic N) is 6. The van der Waals surface area contributed by atoms with E-state index < -0.39 is 0 Å². The molecule has 2 fully saturated rings. The maximum Gasteiger partial charge on any atom is 0.272 e. The normalized spacial score (nSPS) is 17.0. The van der Waals surface area contributed by atoms with Crippen LogP contribution in [0.15, 0.2) is 35.4 Å². The predicted molar refractivity (Wildman–Crippen MR) is 115 cm³/mol. The SMILES string of the molecule is Cc1cc(C(=O)N2CCN(c3ccc4c(=O)n(CC5CC5)cnc4c3)CC2)n(C)n1. The van der Waals surface area contributed by atoms with Crippen LogP contribution in [0.4, 0.5) is 5.69 Å². The number of aromatic nitrogens is 4. The lowest BCUT2D eigenvalue weighted by molar-refractivity contribution is 0.0735. The van der Waals surface area contributed by atoms with Crippen LogP contribution in [-0.2, 0) is 13.6 Å². The Kier molecular flexibility index (Phi) is 4.56. The summed E-state index contributed by atoms with van der Waals surface area (Å²) in [6, 6.07) is 7.70. The highest BCUT2D eigenvalue weighted by atomic mass is 16.2. The fourth-order valence-corrected chi connectivity index (χ4v) is 4.19. The minimum absolute atomic E-state index is 0.0224. The number of benzene rings is 1. The quantitative estimate of drug-likeness (QED) is 0.661. The maximum absolute atomic E-state index is 12.8. The average molecular weight is 406 g/mol. The molecule has 156 valence electrons. The number of rotatable bonds is 4. The summed E-state index contributed by atoms with van der Waals surface area (Å²) < 4.78 is 3.39. The van der Waals surface area contributed by atoms with Crippen LogP contribution in [0.1, 0.15) is 29.0 Å². The van der Waals surface area contributed by atoms with Crippen molar-refractivity contribution in [2.75, 3.05) is 31.1 Å². The molecule has 8 heteroatoms. The summed E-state index contributed by atoms with van der Waals surface area (Å²) in [5.41, 5.74) is 3.28.